The number of anilines is 1. The van der Waals surface area contributed by atoms with Crippen LogP contribution in [-0.4, -0.2) is 6.03 Å². The monoisotopic (exact) mass is 248 g/mol. The van der Waals surface area contributed by atoms with Crippen molar-refractivity contribution in [1.29, 1.82) is 0 Å². The van der Waals surface area contributed by atoms with Crippen molar-refractivity contribution in [3.63, 3.8) is 0 Å². The molecule has 4 heteroatoms. The van der Waals surface area contributed by atoms with Gasteiger partial charge in [-0.25, -0.2) is 4.79 Å². The van der Waals surface area contributed by atoms with Crippen molar-refractivity contribution in [3.8, 4) is 0 Å². The van der Waals surface area contributed by atoms with E-state index in [1.165, 1.54) is 0 Å². The lowest BCUT2D eigenvalue weighted by atomic mass is 10.1. The number of halogens is 1. The first-order valence-electron chi connectivity index (χ1n) is 5.43. The van der Waals surface area contributed by atoms with Gasteiger partial charge in [0.2, 0.25) is 0 Å². The summed E-state index contributed by atoms with van der Waals surface area (Å²) >= 11 is 5.90. The van der Waals surface area contributed by atoms with Gasteiger partial charge in [-0.3, -0.25) is 0 Å². The zero-order valence-corrected chi connectivity index (χ0v) is 10.00. The molecule has 3 nitrogen and oxygen atoms in total. The van der Waals surface area contributed by atoms with Crippen molar-refractivity contribution in [2.24, 2.45) is 0 Å². The zero-order chi connectivity index (χ0) is 12.1. The fraction of sp³-hybridized carbons (Fsp3) is 0.154. The molecule has 1 aromatic carbocycles. The highest BCUT2D eigenvalue weighted by Crippen LogP contribution is 2.18. The van der Waals surface area contributed by atoms with E-state index >= 15 is 0 Å². The number of para-hydroxylation sites is 1. The summed E-state index contributed by atoms with van der Waals surface area (Å²) in [5.74, 6) is 0. The summed E-state index contributed by atoms with van der Waals surface area (Å²) in [5, 5.41) is 6.26. The van der Waals surface area contributed by atoms with Crippen LogP contribution in [0.4, 0.5) is 10.5 Å². The molecule has 0 unspecified atom stereocenters. The van der Waals surface area contributed by atoms with E-state index in [0.29, 0.717) is 0 Å². The molecule has 88 valence electrons. The second-order valence-electron chi connectivity index (χ2n) is 3.73. The van der Waals surface area contributed by atoms with Gasteiger partial charge in [0.05, 0.1) is 0 Å². The van der Waals surface area contributed by atoms with Crippen LogP contribution in [0, 0.1) is 0 Å². The Balaban J connectivity index is 1.92. The lowest BCUT2D eigenvalue weighted by Gasteiger charge is -2.11. The summed E-state index contributed by atoms with van der Waals surface area (Å²) in [5.41, 5.74) is 1.51. The maximum Gasteiger partial charge on any atom is 0.323 e. The molecule has 1 aliphatic carbocycles. The predicted octanol–water partition coefficient (Wildman–Crippen LogP) is 3.61. The fourth-order valence-electron chi connectivity index (χ4n) is 1.57. The average molecular weight is 249 g/mol. The highest BCUT2D eigenvalue weighted by Gasteiger charge is 2.07. The summed E-state index contributed by atoms with van der Waals surface area (Å²) in [6, 6.07) is 9.04. The van der Waals surface area contributed by atoms with Gasteiger partial charge in [0.1, 0.15) is 0 Å². The lowest BCUT2D eigenvalue weighted by molar-refractivity contribution is 0.254. The van der Waals surface area contributed by atoms with Gasteiger partial charge in [0.15, 0.2) is 0 Å². The van der Waals surface area contributed by atoms with Crippen LogP contribution in [-0.2, 0) is 0 Å². The molecule has 0 aliphatic heterocycles. The van der Waals surface area contributed by atoms with Crippen molar-refractivity contribution in [1.82, 2.24) is 5.32 Å². The van der Waals surface area contributed by atoms with Gasteiger partial charge in [-0.05, 0) is 31.1 Å². The van der Waals surface area contributed by atoms with E-state index in [1.54, 1.807) is 6.08 Å². The van der Waals surface area contributed by atoms with Crippen LogP contribution < -0.4 is 10.6 Å². The Labute approximate surface area is 105 Å². The van der Waals surface area contributed by atoms with E-state index in [9.17, 15) is 4.79 Å². The Kier molecular flexibility index (Phi) is 3.83. The number of amides is 2. The average Bonchev–Trinajstić information content (AvgIpc) is 2.30. The first kappa shape index (κ1) is 11.7. The third-order valence-corrected chi connectivity index (χ3v) is 2.65. The van der Waals surface area contributed by atoms with Gasteiger partial charge in [0.25, 0.3) is 0 Å². The van der Waals surface area contributed by atoms with Gasteiger partial charge in [-0.1, -0.05) is 35.9 Å². The van der Waals surface area contributed by atoms with Crippen LogP contribution in [0.5, 0.6) is 0 Å². The van der Waals surface area contributed by atoms with Crippen LogP contribution in [0.25, 0.3) is 0 Å². The highest BCUT2D eigenvalue weighted by atomic mass is 35.5. The van der Waals surface area contributed by atoms with E-state index in [4.69, 9.17) is 11.6 Å². The number of allylic oxidation sites excluding steroid dienone is 3. The molecule has 2 amide bonds. The van der Waals surface area contributed by atoms with E-state index in [0.717, 1.165) is 29.3 Å². The predicted molar refractivity (Wildman–Crippen MR) is 69.8 cm³/mol. The minimum absolute atomic E-state index is 0.259. The molecular weight excluding hydrogens is 236 g/mol. The van der Waals surface area contributed by atoms with Crippen molar-refractivity contribution in [3.05, 3.63) is 53.2 Å². The van der Waals surface area contributed by atoms with Gasteiger partial charge < -0.3 is 10.6 Å². The molecule has 0 fully saturated rings. The van der Waals surface area contributed by atoms with Crippen molar-refractivity contribution in [2.45, 2.75) is 12.8 Å². The Bertz CT molecular complexity index is 466. The summed E-state index contributed by atoms with van der Waals surface area (Å²) in [4.78, 5) is 11.7. The number of hydrogen-bond acceptors (Lipinski definition) is 1. The number of carbonyl (C=O) groups is 1. The topological polar surface area (TPSA) is 41.1 Å². The molecule has 0 heterocycles. The molecule has 0 aromatic heterocycles. The Morgan fingerprint density at radius 3 is 2.65 bits per heavy atom. The molecule has 2 rings (SSSR count). The van der Waals surface area contributed by atoms with E-state index in [2.05, 4.69) is 10.6 Å². The van der Waals surface area contributed by atoms with Crippen LogP contribution in [0.3, 0.4) is 0 Å². The molecule has 0 radical (unpaired) electrons. The summed E-state index contributed by atoms with van der Waals surface area (Å²) < 4.78 is 0. The molecule has 2 N–H and O–H groups in total. The number of urea groups is 1. The number of benzene rings is 1. The fourth-order valence-corrected chi connectivity index (χ4v) is 1.79. The number of rotatable bonds is 2. The standard InChI is InChI=1S/C13H13ClN2O/c14-10-5-4-8-12(9-10)16-13(17)15-11-6-2-1-3-7-11/h1-3,6-9H,4-5H2,(H2,15,16,17). The Hall–Kier alpha value is -1.74. The first-order chi connectivity index (χ1) is 8.24. The molecule has 0 bridgehead atoms. The zero-order valence-electron chi connectivity index (χ0n) is 9.24. The quantitative estimate of drug-likeness (QED) is 0.825. The van der Waals surface area contributed by atoms with E-state index in [1.807, 2.05) is 36.4 Å². The molecule has 17 heavy (non-hydrogen) atoms. The Morgan fingerprint density at radius 1 is 1.18 bits per heavy atom. The smallest absolute Gasteiger partial charge is 0.308 e. The van der Waals surface area contributed by atoms with Crippen LogP contribution in [0.15, 0.2) is 53.2 Å². The second kappa shape index (κ2) is 5.55. The van der Waals surface area contributed by atoms with Crippen LogP contribution in [0.1, 0.15) is 12.8 Å². The minimum atomic E-state index is -0.259. The largest absolute Gasteiger partial charge is 0.323 e. The minimum Gasteiger partial charge on any atom is -0.308 e. The summed E-state index contributed by atoms with van der Waals surface area (Å²) in [7, 11) is 0. The molecule has 0 spiro atoms. The number of nitrogens with one attached hydrogen (secondary N) is 2. The van der Waals surface area contributed by atoms with Gasteiger partial charge in [0, 0.05) is 16.4 Å². The molecular formula is C13H13ClN2O. The second-order valence-corrected chi connectivity index (χ2v) is 4.22. The van der Waals surface area contributed by atoms with Crippen molar-refractivity contribution < 1.29 is 4.79 Å². The highest BCUT2D eigenvalue weighted by molar-refractivity contribution is 6.29. The third kappa shape index (κ3) is 3.64. The summed E-state index contributed by atoms with van der Waals surface area (Å²) in [6.45, 7) is 0. The van der Waals surface area contributed by atoms with Gasteiger partial charge in [-0.2, -0.15) is 0 Å². The molecule has 0 saturated carbocycles. The van der Waals surface area contributed by atoms with Crippen molar-refractivity contribution in [2.75, 3.05) is 5.32 Å². The van der Waals surface area contributed by atoms with Crippen LogP contribution >= 0.6 is 11.6 Å². The maximum atomic E-state index is 11.7. The SMILES string of the molecule is O=C(NC1=CCCC(Cl)=C1)Nc1ccccc1. The van der Waals surface area contributed by atoms with Crippen molar-refractivity contribution >= 4 is 23.3 Å². The van der Waals surface area contributed by atoms with Crippen LogP contribution in [0.2, 0.25) is 0 Å². The summed E-state index contributed by atoms with van der Waals surface area (Å²) in [6.07, 6.45) is 5.43. The normalized spacial score (nSPS) is 14.6. The lowest BCUT2D eigenvalue weighted by Crippen LogP contribution is -2.28. The third-order valence-electron chi connectivity index (χ3n) is 2.35. The van der Waals surface area contributed by atoms with E-state index in [-0.39, 0.29) is 6.03 Å². The van der Waals surface area contributed by atoms with Gasteiger partial charge in [-0.15, -0.1) is 0 Å². The molecule has 0 atom stereocenters. The van der Waals surface area contributed by atoms with Gasteiger partial charge >= 0.3 is 6.03 Å². The molecule has 0 saturated heterocycles. The number of carbonyl (C=O) groups excluding carboxylic acids is 1. The van der Waals surface area contributed by atoms with E-state index < -0.39 is 0 Å². The first-order valence-corrected chi connectivity index (χ1v) is 5.81. The number of hydrogen-bond donors (Lipinski definition) is 2. The Morgan fingerprint density at radius 2 is 1.94 bits per heavy atom. The molecule has 1 aliphatic rings. The maximum absolute atomic E-state index is 11.7. The molecule has 1 aromatic rings.